The molecule has 0 aliphatic carbocycles. The third-order valence-corrected chi connectivity index (χ3v) is 2.75. The van der Waals surface area contributed by atoms with Crippen molar-refractivity contribution in [3.05, 3.63) is 52.8 Å². The molecule has 0 atom stereocenters. The van der Waals surface area contributed by atoms with E-state index in [1.165, 1.54) is 6.07 Å². The van der Waals surface area contributed by atoms with Gasteiger partial charge < -0.3 is 10.1 Å². The molecular formula is C13H9NO2. The molecule has 2 N–H and O–H groups in total. The zero-order chi connectivity index (χ0) is 11.1. The second-order valence-electron chi connectivity index (χ2n) is 3.71. The Labute approximate surface area is 91.0 Å². The minimum absolute atomic E-state index is 0.211. The average Bonchev–Trinajstić information content (AvgIpc) is 2.33. The lowest BCUT2D eigenvalue weighted by molar-refractivity contribution is 0.471. The summed E-state index contributed by atoms with van der Waals surface area (Å²) in [5, 5.41) is 11.8. The van der Waals surface area contributed by atoms with E-state index in [1.807, 2.05) is 24.3 Å². The van der Waals surface area contributed by atoms with E-state index in [0.717, 1.165) is 16.3 Å². The molecule has 3 heteroatoms. The number of phenolic OH excluding ortho intramolecular Hbond substituents is 1. The largest absolute Gasteiger partial charge is 0.504 e. The van der Waals surface area contributed by atoms with E-state index >= 15 is 0 Å². The fourth-order valence-corrected chi connectivity index (χ4v) is 1.97. The minimum atomic E-state index is -0.328. The highest BCUT2D eigenvalue weighted by molar-refractivity contribution is 6.05. The third kappa shape index (κ3) is 1.11. The van der Waals surface area contributed by atoms with E-state index in [-0.39, 0.29) is 11.2 Å². The zero-order valence-corrected chi connectivity index (χ0v) is 8.40. The maximum Gasteiger partial charge on any atom is 0.230 e. The van der Waals surface area contributed by atoms with Crippen molar-refractivity contribution in [3.8, 4) is 5.75 Å². The van der Waals surface area contributed by atoms with E-state index < -0.39 is 0 Å². The lowest BCUT2D eigenvalue weighted by Gasteiger charge is -2.03. The Hall–Kier alpha value is -2.29. The number of aromatic amines is 1. The average molecular weight is 211 g/mol. The number of hydrogen-bond donors (Lipinski definition) is 2. The highest BCUT2D eigenvalue weighted by atomic mass is 16.3. The number of hydrogen-bond acceptors (Lipinski definition) is 2. The number of fused-ring (bicyclic) bond motifs is 3. The van der Waals surface area contributed by atoms with Crippen molar-refractivity contribution in [1.82, 2.24) is 4.98 Å². The molecule has 0 unspecified atom stereocenters. The van der Waals surface area contributed by atoms with Crippen molar-refractivity contribution in [2.45, 2.75) is 0 Å². The minimum Gasteiger partial charge on any atom is -0.504 e. The molecule has 1 aromatic heterocycles. The summed E-state index contributed by atoms with van der Waals surface area (Å²) in [4.78, 5) is 14.9. The predicted molar refractivity (Wildman–Crippen MR) is 63.7 cm³/mol. The fourth-order valence-electron chi connectivity index (χ4n) is 1.97. The molecule has 0 fully saturated rings. The summed E-state index contributed by atoms with van der Waals surface area (Å²) < 4.78 is 0. The first kappa shape index (κ1) is 8.97. The highest BCUT2D eigenvalue weighted by Crippen LogP contribution is 2.22. The first-order valence-corrected chi connectivity index (χ1v) is 4.99. The lowest BCUT2D eigenvalue weighted by atomic mass is 10.1. The Morgan fingerprint density at radius 1 is 1.00 bits per heavy atom. The molecule has 78 valence electrons. The van der Waals surface area contributed by atoms with E-state index in [0.29, 0.717) is 5.39 Å². The maximum absolute atomic E-state index is 11.9. The van der Waals surface area contributed by atoms with E-state index in [1.54, 1.807) is 12.3 Å². The van der Waals surface area contributed by atoms with Crippen molar-refractivity contribution < 1.29 is 5.11 Å². The number of aromatic hydroxyl groups is 1. The van der Waals surface area contributed by atoms with E-state index in [4.69, 9.17) is 0 Å². The van der Waals surface area contributed by atoms with Crippen LogP contribution in [0.15, 0.2) is 47.4 Å². The van der Waals surface area contributed by atoms with Gasteiger partial charge in [0.1, 0.15) is 0 Å². The number of H-pyrrole nitrogens is 1. The molecule has 0 saturated heterocycles. The van der Waals surface area contributed by atoms with Crippen LogP contribution in [0.25, 0.3) is 21.7 Å². The molecule has 0 saturated carbocycles. The Bertz CT molecular complexity index is 744. The molecule has 0 amide bonds. The standard InChI is InChI=1S/C13H9NO2/c15-10-6-5-8-3-4-9-2-1-7-14-12(9)11(8)13(10)16/h1-7,14-15H. The summed E-state index contributed by atoms with van der Waals surface area (Å²) in [5.74, 6) is -0.211. The molecule has 16 heavy (non-hydrogen) atoms. The number of nitrogens with one attached hydrogen (secondary N) is 1. The second-order valence-corrected chi connectivity index (χ2v) is 3.71. The number of phenols is 1. The number of benzene rings is 2. The molecule has 1 heterocycles. The molecule has 0 aliphatic heterocycles. The first-order valence-electron chi connectivity index (χ1n) is 4.99. The summed E-state index contributed by atoms with van der Waals surface area (Å²) in [6.07, 6.45) is 1.77. The van der Waals surface area contributed by atoms with Gasteiger partial charge in [0.15, 0.2) is 5.75 Å². The number of pyridine rings is 1. The van der Waals surface area contributed by atoms with Gasteiger partial charge in [0.05, 0.1) is 10.9 Å². The van der Waals surface area contributed by atoms with Gasteiger partial charge in [-0.1, -0.05) is 24.3 Å². The van der Waals surface area contributed by atoms with Crippen molar-refractivity contribution in [2.75, 3.05) is 0 Å². The molecule has 0 aliphatic rings. The van der Waals surface area contributed by atoms with Gasteiger partial charge in [-0.15, -0.1) is 0 Å². The van der Waals surface area contributed by atoms with Gasteiger partial charge in [-0.3, -0.25) is 4.79 Å². The van der Waals surface area contributed by atoms with Gasteiger partial charge in [0, 0.05) is 6.20 Å². The van der Waals surface area contributed by atoms with Crippen LogP contribution in [0.4, 0.5) is 0 Å². The molecule has 2 aromatic carbocycles. The van der Waals surface area contributed by atoms with Crippen molar-refractivity contribution >= 4 is 21.7 Å². The van der Waals surface area contributed by atoms with Crippen LogP contribution in [0.3, 0.4) is 0 Å². The first-order chi connectivity index (χ1) is 7.77. The van der Waals surface area contributed by atoms with Crippen LogP contribution in [0.1, 0.15) is 0 Å². The smallest absolute Gasteiger partial charge is 0.230 e. The summed E-state index contributed by atoms with van der Waals surface area (Å²) in [6.45, 7) is 0. The van der Waals surface area contributed by atoms with E-state index in [9.17, 15) is 9.90 Å². The van der Waals surface area contributed by atoms with Crippen LogP contribution in [0, 0.1) is 0 Å². The van der Waals surface area contributed by atoms with Crippen LogP contribution in [-0.2, 0) is 0 Å². The Kier molecular flexibility index (Phi) is 1.74. The molecule has 3 nitrogen and oxygen atoms in total. The van der Waals surface area contributed by atoms with Crippen LogP contribution in [0.5, 0.6) is 5.75 Å². The van der Waals surface area contributed by atoms with Crippen LogP contribution < -0.4 is 5.43 Å². The third-order valence-electron chi connectivity index (χ3n) is 2.75. The fraction of sp³-hybridized carbons (Fsp3) is 0. The van der Waals surface area contributed by atoms with Crippen LogP contribution in [-0.4, -0.2) is 10.1 Å². The van der Waals surface area contributed by atoms with Gasteiger partial charge in [-0.2, -0.15) is 0 Å². The summed E-state index contributed by atoms with van der Waals surface area (Å²) in [7, 11) is 0. The summed E-state index contributed by atoms with van der Waals surface area (Å²) in [5.41, 5.74) is 0.437. The van der Waals surface area contributed by atoms with Crippen LogP contribution in [0.2, 0.25) is 0 Å². The Morgan fingerprint density at radius 3 is 2.62 bits per heavy atom. The lowest BCUT2D eigenvalue weighted by Crippen LogP contribution is -2.01. The molecular weight excluding hydrogens is 202 g/mol. The Balaban J connectivity index is 2.69. The molecule has 0 bridgehead atoms. The van der Waals surface area contributed by atoms with Crippen molar-refractivity contribution in [3.63, 3.8) is 0 Å². The van der Waals surface area contributed by atoms with Gasteiger partial charge in [0.25, 0.3) is 0 Å². The van der Waals surface area contributed by atoms with Gasteiger partial charge >= 0.3 is 0 Å². The molecule has 0 radical (unpaired) electrons. The van der Waals surface area contributed by atoms with Gasteiger partial charge in [0.2, 0.25) is 5.43 Å². The van der Waals surface area contributed by atoms with Crippen molar-refractivity contribution in [1.29, 1.82) is 0 Å². The molecule has 3 aromatic rings. The normalized spacial score (nSPS) is 11.0. The second kappa shape index (κ2) is 3.10. The number of rotatable bonds is 0. The SMILES string of the molecule is O=c1c(O)ccc2ccc3ccc[nH]c3c12. The maximum atomic E-state index is 11.9. The van der Waals surface area contributed by atoms with Gasteiger partial charge in [-0.25, -0.2) is 0 Å². The van der Waals surface area contributed by atoms with Crippen LogP contribution >= 0.6 is 0 Å². The zero-order valence-electron chi connectivity index (χ0n) is 8.40. The quantitative estimate of drug-likeness (QED) is 0.561. The monoisotopic (exact) mass is 211 g/mol. The summed E-state index contributed by atoms with van der Waals surface area (Å²) >= 11 is 0. The number of aromatic nitrogens is 1. The summed E-state index contributed by atoms with van der Waals surface area (Å²) in [6, 6.07) is 10.8. The molecule has 3 rings (SSSR count). The highest BCUT2D eigenvalue weighted by Gasteiger charge is 2.06. The van der Waals surface area contributed by atoms with Crippen molar-refractivity contribution in [2.24, 2.45) is 0 Å². The van der Waals surface area contributed by atoms with Gasteiger partial charge in [-0.05, 0) is 22.9 Å². The predicted octanol–water partition coefficient (Wildman–Crippen LogP) is 2.39. The topological polar surface area (TPSA) is 53.1 Å². The molecule has 0 spiro atoms. The Morgan fingerprint density at radius 2 is 1.75 bits per heavy atom. The van der Waals surface area contributed by atoms with E-state index in [2.05, 4.69) is 4.98 Å².